The van der Waals surface area contributed by atoms with Crippen LogP contribution >= 0.6 is 0 Å². The first kappa shape index (κ1) is 17.5. The van der Waals surface area contributed by atoms with Crippen LogP contribution in [0.4, 0.5) is 5.95 Å². The van der Waals surface area contributed by atoms with Crippen molar-refractivity contribution in [3.05, 3.63) is 87.8 Å². The molecular formula is C20H21N5O. The summed E-state index contributed by atoms with van der Waals surface area (Å²) in [5.41, 5.74) is 6.12. The monoisotopic (exact) mass is 347 g/mol. The molecule has 0 saturated carbocycles. The number of aryl methyl sites for hydroxylation is 2. The molecule has 2 aromatic carbocycles. The Morgan fingerprint density at radius 2 is 1.73 bits per heavy atom. The zero-order chi connectivity index (χ0) is 18.2. The summed E-state index contributed by atoms with van der Waals surface area (Å²) in [6.07, 6.45) is 2.75. The molecule has 6 nitrogen and oxygen atoms in total. The minimum Gasteiger partial charge on any atom is -0.288 e. The van der Waals surface area contributed by atoms with E-state index in [0.717, 1.165) is 30.5 Å². The summed E-state index contributed by atoms with van der Waals surface area (Å²) in [7, 11) is 0. The summed E-state index contributed by atoms with van der Waals surface area (Å²) >= 11 is 0. The summed E-state index contributed by atoms with van der Waals surface area (Å²) in [5.74, 6) is 0.233. The van der Waals surface area contributed by atoms with Crippen molar-refractivity contribution >= 4 is 11.7 Å². The Kier molecular flexibility index (Phi) is 5.88. The average molecular weight is 347 g/mol. The fraction of sp³-hybridized carbons (Fsp3) is 0.200. The number of anilines is 1. The number of rotatable bonds is 7. The topological polar surface area (TPSA) is 83.0 Å². The standard InChI is InChI=1S/C20H21N5O/c1-15-19(26)21-20(24-22-15)25-23-18(17-12-6-3-7-13-17)14-8-11-16-9-4-2-5-10-16/h2-7,9-10,12-13H,8,11,14H2,1H3,(H2,21,24,25,26)/b23-18+. The molecule has 0 aliphatic heterocycles. The lowest BCUT2D eigenvalue weighted by Gasteiger charge is -2.08. The Hall–Kier alpha value is -3.28. The Morgan fingerprint density at radius 3 is 2.42 bits per heavy atom. The minimum absolute atomic E-state index is 0.233. The minimum atomic E-state index is -0.275. The molecule has 0 radical (unpaired) electrons. The Morgan fingerprint density at radius 1 is 1.04 bits per heavy atom. The van der Waals surface area contributed by atoms with E-state index < -0.39 is 0 Å². The summed E-state index contributed by atoms with van der Waals surface area (Å²) in [6.45, 7) is 1.61. The van der Waals surface area contributed by atoms with Crippen molar-refractivity contribution in [2.24, 2.45) is 5.10 Å². The number of aromatic amines is 1. The second-order valence-corrected chi connectivity index (χ2v) is 5.96. The van der Waals surface area contributed by atoms with Crippen molar-refractivity contribution < 1.29 is 0 Å². The normalized spacial score (nSPS) is 11.3. The maximum Gasteiger partial charge on any atom is 0.274 e. The van der Waals surface area contributed by atoms with Crippen LogP contribution < -0.4 is 11.0 Å². The largest absolute Gasteiger partial charge is 0.288 e. The first-order valence-corrected chi connectivity index (χ1v) is 8.58. The number of nitrogens with one attached hydrogen (secondary N) is 2. The number of hydrogen-bond donors (Lipinski definition) is 2. The molecule has 132 valence electrons. The van der Waals surface area contributed by atoms with Gasteiger partial charge in [-0.25, -0.2) is 5.43 Å². The molecule has 3 rings (SSSR count). The highest BCUT2D eigenvalue weighted by molar-refractivity contribution is 6.00. The van der Waals surface area contributed by atoms with Crippen LogP contribution in [0.1, 0.15) is 29.7 Å². The third-order valence-corrected chi connectivity index (χ3v) is 3.99. The molecule has 2 N–H and O–H groups in total. The first-order valence-electron chi connectivity index (χ1n) is 8.58. The summed E-state index contributed by atoms with van der Waals surface area (Å²) in [6, 6.07) is 20.4. The highest BCUT2D eigenvalue weighted by atomic mass is 16.1. The molecule has 0 bridgehead atoms. The van der Waals surface area contributed by atoms with E-state index in [-0.39, 0.29) is 11.5 Å². The lowest BCUT2D eigenvalue weighted by atomic mass is 10.0. The number of hydrogen-bond acceptors (Lipinski definition) is 5. The molecule has 1 heterocycles. The zero-order valence-corrected chi connectivity index (χ0v) is 14.6. The quantitative estimate of drug-likeness (QED) is 0.507. The fourth-order valence-electron chi connectivity index (χ4n) is 2.56. The van der Waals surface area contributed by atoms with Gasteiger partial charge in [-0.1, -0.05) is 60.7 Å². The van der Waals surface area contributed by atoms with Gasteiger partial charge in [0.1, 0.15) is 5.69 Å². The van der Waals surface area contributed by atoms with Crippen molar-refractivity contribution in [3.63, 3.8) is 0 Å². The van der Waals surface area contributed by atoms with Gasteiger partial charge in [-0.3, -0.25) is 9.78 Å². The molecule has 0 saturated heterocycles. The van der Waals surface area contributed by atoms with Gasteiger partial charge < -0.3 is 0 Å². The molecule has 0 spiro atoms. The molecule has 0 amide bonds. The van der Waals surface area contributed by atoms with E-state index in [9.17, 15) is 4.79 Å². The van der Waals surface area contributed by atoms with Gasteiger partial charge in [-0.05, 0) is 37.3 Å². The molecule has 0 unspecified atom stereocenters. The third kappa shape index (κ3) is 4.86. The summed E-state index contributed by atoms with van der Waals surface area (Å²) < 4.78 is 0. The second-order valence-electron chi connectivity index (χ2n) is 5.96. The van der Waals surface area contributed by atoms with Gasteiger partial charge in [-0.2, -0.15) is 5.10 Å². The molecular weight excluding hydrogens is 326 g/mol. The van der Waals surface area contributed by atoms with E-state index in [1.54, 1.807) is 6.92 Å². The van der Waals surface area contributed by atoms with Crippen molar-refractivity contribution in [2.75, 3.05) is 5.43 Å². The van der Waals surface area contributed by atoms with Gasteiger partial charge in [0.05, 0.1) is 5.71 Å². The molecule has 0 aliphatic carbocycles. The molecule has 0 aliphatic rings. The van der Waals surface area contributed by atoms with Gasteiger partial charge in [0.2, 0.25) is 5.95 Å². The summed E-state index contributed by atoms with van der Waals surface area (Å²) in [5, 5.41) is 12.2. The van der Waals surface area contributed by atoms with Crippen LogP contribution in [0.3, 0.4) is 0 Å². The van der Waals surface area contributed by atoms with Gasteiger partial charge in [0.25, 0.3) is 5.56 Å². The van der Waals surface area contributed by atoms with Crippen molar-refractivity contribution in [1.82, 2.24) is 15.2 Å². The maximum absolute atomic E-state index is 11.6. The van der Waals surface area contributed by atoms with Gasteiger partial charge in [0.15, 0.2) is 0 Å². The van der Waals surface area contributed by atoms with Gasteiger partial charge >= 0.3 is 0 Å². The smallest absolute Gasteiger partial charge is 0.274 e. The zero-order valence-electron chi connectivity index (χ0n) is 14.6. The molecule has 26 heavy (non-hydrogen) atoms. The highest BCUT2D eigenvalue weighted by Gasteiger charge is 2.05. The Bertz CT molecular complexity index is 920. The Balaban J connectivity index is 1.72. The first-order chi connectivity index (χ1) is 12.7. The second kappa shape index (κ2) is 8.71. The van der Waals surface area contributed by atoms with Crippen molar-refractivity contribution in [2.45, 2.75) is 26.2 Å². The van der Waals surface area contributed by atoms with E-state index in [1.807, 2.05) is 36.4 Å². The van der Waals surface area contributed by atoms with Crippen LogP contribution in [0.15, 0.2) is 70.6 Å². The molecule has 0 atom stereocenters. The number of H-pyrrole nitrogens is 1. The molecule has 0 fully saturated rings. The maximum atomic E-state index is 11.6. The predicted molar refractivity (Wildman–Crippen MR) is 103 cm³/mol. The highest BCUT2D eigenvalue weighted by Crippen LogP contribution is 2.11. The van der Waals surface area contributed by atoms with E-state index >= 15 is 0 Å². The SMILES string of the molecule is Cc1nnc(N/N=C(\CCCc2ccccc2)c2ccccc2)[nH]c1=O. The fourth-order valence-corrected chi connectivity index (χ4v) is 2.56. The van der Waals surface area contributed by atoms with E-state index in [0.29, 0.717) is 5.69 Å². The van der Waals surface area contributed by atoms with Crippen LogP contribution in [0, 0.1) is 6.92 Å². The van der Waals surface area contributed by atoms with Crippen LogP contribution in [-0.2, 0) is 6.42 Å². The number of hydrazone groups is 1. The average Bonchev–Trinajstić information content (AvgIpc) is 2.68. The summed E-state index contributed by atoms with van der Waals surface area (Å²) in [4.78, 5) is 14.3. The van der Waals surface area contributed by atoms with E-state index in [4.69, 9.17) is 0 Å². The van der Waals surface area contributed by atoms with Gasteiger partial charge in [0, 0.05) is 0 Å². The number of aromatic nitrogens is 3. The van der Waals surface area contributed by atoms with Crippen LogP contribution in [-0.4, -0.2) is 20.9 Å². The van der Waals surface area contributed by atoms with E-state index in [1.165, 1.54) is 5.56 Å². The van der Waals surface area contributed by atoms with Crippen LogP contribution in [0.5, 0.6) is 0 Å². The van der Waals surface area contributed by atoms with Crippen molar-refractivity contribution in [3.8, 4) is 0 Å². The molecule has 6 heteroatoms. The lowest BCUT2D eigenvalue weighted by Crippen LogP contribution is -2.16. The van der Waals surface area contributed by atoms with Crippen LogP contribution in [0.2, 0.25) is 0 Å². The van der Waals surface area contributed by atoms with Crippen LogP contribution in [0.25, 0.3) is 0 Å². The van der Waals surface area contributed by atoms with Gasteiger partial charge in [-0.15, -0.1) is 10.2 Å². The Labute approximate surface area is 152 Å². The third-order valence-electron chi connectivity index (χ3n) is 3.99. The van der Waals surface area contributed by atoms with Crippen molar-refractivity contribution in [1.29, 1.82) is 0 Å². The lowest BCUT2D eigenvalue weighted by molar-refractivity contribution is 0.860. The number of nitrogens with zero attached hydrogens (tertiary/aromatic N) is 3. The molecule has 3 aromatic rings. The van der Waals surface area contributed by atoms with E-state index in [2.05, 4.69) is 50.0 Å². The predicted octanol–water partition coefficient (Wildman–Crippen LogP) is 3.31. The molecule has 1 aromatic heterocycles. The number of benzene rings is 2.